The summed E-state index contributed by atoms with van der Waals surface area (Å²) in [6, 6.07) is 8.71. The normalized spacial score (nSPS) is 19.8. The Morgan fingerprint density at radius 1 is 0.672 bits per heavy atom. The summed E-state index contributed by atoms with van der Waals surface area (Å²) in [7, 11) is 0. The molecule has 0 saturated heterocycles. The van der Waals surface area contributed by atoms with Crippen LogP contribution in [0.25, 0.3) is 10.8 Å². The van der Waals surface area contributed by atoms with E-state index in [9.17, 15) is 48.6 Å². The lowest BCUT2D eigenvalue weighted by Gasteiger charge is -2.30. The lowest BCUT2D eigenvalue weighted by molar-refractivity contribution is -0.141. The van der Waals surface area contributed by atoms with Crippen molar-refractivity contribution in [1.82, 2.24) is 31.9 Å². The Morgan fingerprint density at radius 2 is 1.31 bits per heavy atom. The number of aliphatic carboxylic acids is 3. The molecule has 2 aromatic rings. The van der Waals surface area contributed by atoms with Crippen LogP contribution in [0.3, 0.4) is 0 Å². The molecule has 0 aromatic heterocycles. The molecule has 2 fully saturated rings. The van der Waals surface area contributed by atoms with E-state index in [1.54, 1.807) is 0 Å². The molecule has 352 valence electrons. The van der Waals surface area contributed by atoms with Gasteiger partial charge in [0.2, 0.25) is 24.1 Å². The first-order valence-electron chi connectivity index (χ1n) is 22.3. The van der Waals surface area contributed by atoms with E-state index in [4.69, 9.17) is 14.6 Å². The average Bonchev–Trinajstić information content (AvgIpc) is 3.27. The number of carbonyl (C=O) groups is 8. The number of urea groups is 1. The summed E-state index contributed by atoms with van der Waals surface area (Å²) in [6.07, 6.45) is 7.72. The zero-order valence-electron chi connectivity index (χ0n) is 36.2. The molecule has 0 bridgehead atoms. The zero-order chi connectivity index (χ0) is 46.3. The van der Waals surface area contributed by atoms with Gasteiger partial charge in [0.25, 0.3) is 0 Å². The number of hydrogen-bond donors (Lipinski definition) is 9. The molecule has 3 atom stereocenters. The highest BCUT2D eigenvalue weighted by Crippen LogP contribution is 2.26. The number of ether oxygens (including phenoxy) is 2. The van der Waals surface area contributed by atoms with Crippen LogP contribution in [-0.2, 0) is 49.5 Å². The topological polar surface area (TPSA) is 288 Å². The van der Waals surface area contributed by atoms with Crippen molar-refractivity contribution in [2.24, 2.45) is 5.92 Å². The zero-order valence-corrected chi connectivity index (χ0v) is 36.2. The van der Waals surface area contributed by atoms with E-state index < -0.39 is 54.4 Å². The molecule has 19 heteroatoms. The smallest absolute Gasteiger partial charge is 0.326 e. The van der Waals surface area contributed by atoms with Crippen LogP contribution in [0.1, 0.15) is 102 Å². The second-order valence-corrected chi connectivity index (χ2v) is 16.5. The van der Waals surface area contributed by atoms with Gasteiger partial charge >= 0.3 is 23.9 Å². The minimum atomic E-state index is -1.53. The van der Waals surface area contributed by atoms with Gasteiger partial charge in [-0.05, 0) is 99.8 Å². The minimum Gasteiger partial charge on any atom is -0.481 e. The Bertz CT molecular complexity index is 1860. The number of carboxylic acids is 3. The second kappa shape index (κ2) is 27.4. The van der Waals surface area contributed by atoms with E-state index in [-0.39, 0.29) is 68.2 Å². The van der Waals surface area contributed by atoms with Crippen LogP contribution < -0.4 is 31.9 Å². The number of carboxylic acid groups (broad SMARTS) is 3. The Morgan fingerprint density at radius 3 is 1.95 bits per heavy atom. The lowest BCUT2D eigenvalue weighted by atomic mass is 9.85. The Balaban J connectivity index is 1.20. The quantitative estimate of drug-likeness (QED) is 0.0440. The lowest BCUT2D eigenvalue weighted by Crippen LogP contribution is -2.51. The highest BCUT2D eigenvalue weighted by atomic mass is 16.5. The van der Waals surface area contributed by atoms with Crippen LogP contribution >= 0.6 is 0 Å². The van der Waals surface area contributed by atoms with Crippen LogP contribution in [-0.4, -0.2) is 126 Å². The van der Waals surface area contributed by atoms with E-state index in [1.165, 1.54) is 0 Å². The van der Waals surface area contributed by atoms with E-state index in [1.807, 2.05) is 42.5 Å². The maximum atomic E-state index is 13.6. The van der Waals surface area contributed by atoms with E-state index in [0.717, 1.165) is 42.0 Å². The molecule has 0 aliphatic heterocycles. The number of nitrogens with one attached hydrogen (secondary N) is 6. The predicted molar refractivity (Wildman–Crippen MR) is 233 cm³/mol. The van der Waals surface area contributed by atoms with Gasteiger partial charge in [0.1, 0.15) is 18.1 Å². The van der Waals surface area contributed by atoms with Gasteiger partial charge in [-0.3, -0.25) is 24.0 Å². The average molecular weight is 897 g/mol. The molecule has 6 amide bonds. The standard InChI is InChI=1S/C45H64N6O13/c52-28-46-23-25-64-35-18-16-34(17-19-35)63-24-5-9-39(53)48-33-14-12-31(13-15-33)41(56)49-38(27-29-10-11-30-6-1-2-7-32(30)26-29)42(57)47-22-4-3-8-36(43(58)59)50-45(62)51-37(44(60)61)20-21-40(54)55/h1-2,6-7,10-11,26,28,31,33-38H,3-5,8-9,12-25,27H2,(H,46,52)(H,47,57)(H,48,53)(H,49,56)(H,54,55)(H,58,59)(H,60,61)(H2,50,51,62)/t31?,33?,34?,35?,36-,37-,38-/m0/s1. The number of amides is 6. The summed E-state index contributed by atoms with van der Waals surface area (Å²) in [5.74, 6) is -5.13. The van der Waals surface area contributed by atoms with Gasteiger partial charge in [0.15, 0.2) is 0 Å². The molecular weight excluding hydrogens is 833 g/mol. The SMILES string of the molecule is O=CNCCOC1CCC(OCCCC(=O)NC2CCC(C(=O)N[C@@H](Cc3ccc4ccccc4c3)C(=O)NCCCC[C@H](NC(=O)N[C@@H](CCC(=O)O)C(=O)O)C(=O)O)CC2)CC1. The number of fused-ring (bicyclic) bond motifs is 1. The molecule has 2 aliphatic rings. The first-order valence-corrected chi connectivity index (χ1v) is 22.3. The van der Waals surface area contributed by atoms with Crippen molar-refractivity contribution < 1.29 is 63.1 Å². The molecule has 64 heavy (non-hydrogen) atoms. The fourth-order valence-corrected chi connectivity index (χ4v) is 8.04. The second-order valence-electron chi connectivity index (χ2n) is 16.5. The third kappa shape index (κ3) is 18.5. The molecular formula is C45H64N6O13. The minimum absolute atomic E-state index is 0.0388. The fraction of sp³-hybridized carbons (Fsp3) is 0.600. The van der Waals surface area contributed by atoms with Gasteiger partial charge in [-0.15, -0.1) is 0 Å². The summed E-state index contributed by atoms with van der Waals surface area (Å²) in [5.41, 5.74) is 0.844. The van der Waals surface area contributed by atoms with Crippen molar-refractivity contribution >= 4 is 58.8 Å². The van der Waals surface area contributed by atoms with Gasteiger partial charge < -0.3 is 56.7 Å². The summed E-state index contributed by atoms with van der Waals surface area (Å²) >= 11 is 0. The van der Waals surface area contributed by atoms with E-state index >= 15 is 0 Å². The monoisotopic (exact) mass is 896 g/mol. The van der Waals surface area contributed by atoms with Crippen LogP contribution in [0.4, 0.5) is 4.79 Å². The summed E-state index contributed by atoms with van der Waals surface area (Å²) in [5, 5.41) is 45.6. The third-order valence-electron chi connectivity index (χ3n) is 11.6. The molecule has 0 unspecified atom stereocenters. The highest BCUT2D eigenvalue weighted by Gasteiger charge is 2.31. The van der Waals surface area contributed by atoms with Gasteiger partial charge in [-0.1, -0.05) is 42.5 Å². The van der Waals surface area contributed by atoms with E-state index in [0.29, 0.717) is 71.1 Å². The fourth-order valence-electron chi connectivity index (χ4n) is 8.04. The molecule has 2 aliphatic carbocycles. The summed E-state index contributed by atoms with van der Waals surface area (Å²) < 4.78 is 11.8. The number of benzene rings is 2. The maximum absolute atomic E-state index is 13.6. The molecule has 9 N–H and O–H groups in total. The molecule has 0 radical (unpaired) electrons. The van der Waals surface area contributed by atoms with E-state index in [2.05, 4.69) is 31.9 Å². The Kier molecular flexibility index (Phi) is 21.7. The van der Waals surface area contributed by atoms with Gasteiger partial charge in [0, 0.05) is 50.9 Å². The third-order valence-corrected chi connectivity index (χ3v) is 11.6. The van der Waals surface area contributed by atoms with Gasteiger partial charge in [-0.2, -0.15) is 0 Å². The molecule has 0 heterocycles. The van der Waals surface area contributed by atoms with Crippen molar-refractivity contribution in [3.63, 3.8) is 0 Å². The van der Waals surface area contributed by atoms with Crippen molar-refractivity contribution in [2.45, 2.75) is 139 Å². The highest BCUT2D eigenvalue weighted by molar-refractivity contribution is 5.89. The summed E-state index contributed by atoms with van der Waals surface area (Å²) in [6.45, 7) is 1.63. The van der Waals surface area contributed by atoms with Crippen molar-refractivity contribution in [3.8, 4) is 0 Å². The molecule has 0 spiro atoms. The Hall–Kier alpha value is -5.82. The first-order chi connectivity index (χ1) is 30.8. The Labute approximate surface area is 372 Å². The number of hydrogen-bond acceptors (Lipinski definition) is 10. The first kappa shape index (κ1) is 50.8. The largest absolute Gasteiger partial charge is 0.481 e. The van der Waals surface area contributed by atoms with Crippen molar-refractivity contribution in [1.29, 1.82) is 0 Å². The van der Waals surface area contributed by atoms with Crippen LogP contribution in [0, 0.1) is 5.92 Å². The van der Waals surface area contributed by atoms with Gasteiger partial charge in [0.05, 0.1) is 18.8 Å². The van der Waals surface area contributed by atoms with Crippen LogP contribution in [0.5, 0.6) is 0 Å². The predicted octanol–water partition coefficient (Wildman–Crippen LogP) is 2.77. The van der Waals surface area contributed by atoms with Crippen molar-refractivity contribution in [2.75, 3.05) is 26.3 Å². The summed E-state index contributed by atoms with van der Waals surface area (Å²) in [4.78, 5) is 96.8. The maximum Gasteiger partial charge on any atom is 0.326 e. The van der Waals surface area contributed by atoms with Gasteiger partial charge in [-0.25, -0.2) is 14.4 Å². The van der Waals surface area contributed by atoms with Crippen LogP contribution in [0.15, 0.2) is 42.5 Å². The number of rotatable bonds is 28. The molecule has 2 saturated carbocycles. The molecule has 2 aromatic carbocycles. The molecule has 19 nitrogen and oxygen atoms in total. The molecule has 4 rings (SSSR count). The van der Waals surface area contributed by atoms with Crippen molar-refractivity contribution in [3.05, 3.63) is 48.0 Å². The number of carbonyl (C=O) groups excluding carboxylic acids is 5. The van der Waals surface area contributed by atoms with Crippen LogP contribution in [0.2, 0.25) is 0 Å². The number of unbranched alkanes of at least 4 members (excludes halogenated alkanes) is 1.